The number of nitrogens with zero attached hydrogens (tertiary/aromatic N) is 6. The number of nitrogens with one attached hydrogen (secondary N) is 1. The first-order valence-corrected chi connectivity index (χ1v) is 8.97. The third-order valence-electron chi connectivity index (χ3n) is 4.35. The number of imidazole rings is 1. The van der Waals surface area contributed by atoms with Crippen molar-refractivity contribution < 1.29 is 4.79 Å². The molecular weight excluding hydrogens is 342 g/mol. The Kier molecular flexibility index (Phi) is 5.54. The summed E-state index contributed by atoms with van der Waals surface area (Å²) in [4.78, 5) is 22.9. The maximum atomic E-state index is 12.4. The lowest BCUT2D eigenvalue weighted by Gasteiger charge is -2.14. The van der Waals surface area contributed by atoms with Crippen molar-refractivity contribution in [1.82, 2.24) is 29.6 Å². The molecule has 0 aliphatic heterocycles. The van der Waals surface area contributed by atoms with Crippen LogP contribution in [-0.2, 0) is 6.54 Å². The van der Waals surface area contributed by atoms with Crippen LogP contribution < -0.4 is 10.2 Å². The van der Waals surface area contributed by atoms with Gasteiger partial charge in [0.1, 0.15) is 0 Å². The molecule has 142 valence electrons. The highest BCUT2D eigenvalue weighted by atomic mass is 16.1. The van der Waals surface area contributed by atoms with Gasteiger partial charge in [-0.05, 0) is 26.0 Å². The molecule has 0 saturated heterocycles. The minimum atomic E-state index is -0.102. The van der Waals surface area contributed by atoms with Gasteiger partial charge in [-0.3, -0.25) is 4.79 Å². The zero-order valence-electron chi connectivity index (χ0n) is 16.1. The number of benzene rings is 1. The van der Waals surface area contributed by atoms with Crippen LogP contribution in [0, 0.1) is 0 Å². The van der Waals surface area contributed by atoms with Crippen LogP contribution in [0.4, 0.5) is 5.95 Å². The van der Waals surface area contributed by atoms with Crippen molar-refractivity contribution >= 4 is 11.9 Å². The Labute approximate surface area is 158 Å². The predicted molar refractivity (Wildman–Crippen MR) is 105 cm³/mol. The van der Waals surface area contributed by atoms with Gasteiger partial charge in [0.05, 0.1) is 6.33 Å². The molecule has 0 aliphatic carbocycles. The number of carbonyl (C=O) groups is 1. The van der Waals surface area contributed by atoms with E-state index in [1.807, 2.05) is 60.4 Å². The summed E-state index contributed by atoms with van der Waals surface area (Å²) in [5.41, 5.74) is 1.49. The first-order valence-electron chi connectivity index (χ1n) is 8.97. The van der Waals surface area contributed by atoms with Crippen LogP contribution in [0.1, 0.15) is 30.2 Å². The van der Waals surface area contributed by atoms with E-state index in [-0.39, 0.29) is 11.9 Å². The Hall–Kier alpha value is -3.16. The van der Waals surface area contributed by atoms with Crippen molar-refractivity contribution in [2.45, 2.75) is 26.4 Å². The van der Waals surface area contributed by atoms with Gasteiger partial charge in [-0.1, -0.05) is 12.1 Å². The summed E-state index contributed by atoms with van der Waals surface area (Å²) in [6.45, 7) is 5.34. The summed E-state index contributed by atoms with van der Waals surface area (Å²) in [7, 11) is 3.89. The maximum Gasteiger partial charge on any atom is 0.251 e. The van der Waals surface area contributed by atoms with E-state index in [1.165, 1.54) is 0 Å². The number of carbonyl (C=O) groups excluding carboxylic acids is 1. The average molecular weight is 367 g/mol. The Morgan fingerprint density at radius 3 is 2.56 bits per heavy atom. The monoisotopic (exact) mass is 367 g/mol. The van der Waals surface area contributed by atoms with E-state index in [0.29, 0.717) is 17.9 Å². The topological polar surface area (TPSA) is 80.9 Å². The average Bonchev–Trinajstić information content (AvgIpc) is 3.35. The second-order valence-electron chi connectivity index (χ2n) is 6.59. The standard InChI is InChI=1S/C19H25N7O/c1-5-26-19(24(3)4)22-17(23-26)15-6-8-16(9-7-15)18(27)21-12-14(2)25-11-10-20-13-25/h6-11,13-14H,5,12H2,1-4H3,(H,21,27)/t14-/m0/s1. The largest absolute Gasteiger partial charge is 0.350 e. The first kappa shape index (κ1) is 18.6. The van der Waals surface area contributed by atoms with Gasteiger partial charge in [-0.25, -0.2) is 9.67 Å². The molecular formula is C19H25N7O. The number of aryl methyl sites for hydroxylation is 1. The van der Waals surface area contributed by atoms with Gasteiger partial charge in [-0.15, -0.1) is 5.10 Å². The number of amides is 1. The molecule has 0 radical (unpaired) electrons. The molecule has 0 spiro atoms. The van der Waals surface area contributed by atoms with Gasteiger partial charge in [0.15, 0.2) is 5.82 Å². The first-order chi connectivity index (χ1) is 13.0. The lowest BCUT2D eigenvalue weighted by molar-refractivity contribution is 0.0948. The smallest absolute Gasteiger partial charge is 0.251 e. The molecule has 2 aromatic heterocycles. The fourth-order valence-corrected chi connectivity index (χ4v) is 2.75. The second-order valence-corrected chi connectivity index (χ2v) is 6.59. The summed E-state index contributed by atoms with van der Waals surface area (Å²) >= 11 is 0. The number of hydrogen-bond acceptors (Lipinski definition) is 5. The third-order valence-corrected chi connectivity index (χ3v) is 4.35. The quantitative estimate of drug-likeness (QED) is 0.692. The minimum absolute atomic E-state index is 0.102. The van der Waals surface area contributed by atoms with E-state index in [2.05, 4.69) is 20.4 Å². The van der Waals surface area contributed by atoms with Crippen molar-refractivity contribution in [3.05, 3.63) is 48.5 Å². The normalized spacial score (nSPS) is 12.0. The summed E-state index contributed by atoms with van der Waals surface area (Å²) in [5.74, 6) is 1.36. The molecule has 8 heteroatoms. The summed E-state index contributed by atoms with van der Waals surface area (Å²) in [6.07, 6.45) is 5.36. The molecule has 8 nitrogen and oxygen atoms in total. The molecule has 0 fully saturated rings. The van der Waals surface area contributed by atoms with Gasteiger partial charge < -0.3 is 14.8 Å². The number of rotatable bonds is 7. The van der Waals surface area contributed by atoms with E-state index in [4.69, 9.17) is 0 Å². The Morgan fingerprint density at radius 2 is 2.00 bits per heavy atom. The fraction of sp³-hybridized carbons (Fsp3) is 0.368. The van der Waals surface area contributed by atoms with Crippen LogP contribution in [0.3, 0.4) is 0 Å². The highest BCUT2D eigenvalue weighted by molar-refractivity contribution is 5.94. The zero-order chi connectivity index (χ0) is 19.4. The lowest BCUT2D eigenvalue weighted by Crippen LogP contribution is -2.29. The van der Waals surface area contributed by atoms with Crippen molar-refractivity contribution in [2.75, 3.05) is 25.5 Å². The van der Waals surface area contributed by atoms with Crippen molar-refractivity contribution in [1.29, 1.82) is 0 Å². The third kappa shape index (κ3) is 4.16. The maximum absolute atomic E-state index is 12.4. The molecule has 0 bridgehead atoms. The molecule has 3 rings (SSSR count). The number of aromatic nitrogens is 5. The summed E-state index contributed by atoms with van der Waals surface area (Å²) in [5, 5.41) is 7.49. The van der Waals surface area contributed by atoms with Crippen LogP contribution >= 0.6 is 0 Å². The highest BCUT2D eigenvalue weighted by Crippen LogP contribution is 2.20. The van der Waals surface area contributed by atoms with Crippen LogP contribution in [0.5, 0.6) is 0 Å². The second kappa shape index (κ2) is 8.03. The molecule has 0 saturated carbocycles. The number of anilines is 1. The predicted octanol–water partition coefficient (Wildman–Crippen LogP) is 2.22. The van der Waals surface area contributed by atoms with Gasteiger partial charge in [0.25, 0.3) is 5.91 Å². The van der Waals surface area contributed by atoms with Crippen LogP contribution in [0.25, 0.3) is 11.4 Å². The zero-order valence-corrected chi connectivity index (χ0v) is 16.1. The molecule has 1 aromatic carbocycles. The van der Waals surface area contributed by atoms with Gasteiger partial charge in [0, 0.05) is 56.7 Å². The van der Waals surface area contributed by atoms with E-state index >= 15 is 0 Å². The summed E-state index contributed by atoms with van der Waals surface area (Å²) < 4.78 is 3.81. The summed E-state index contributed by atoms with van der Waals surface area (Å²) in [6, 6.07) is 7.50. The fourth-order valence-electron chi connectivity index (χ4n) is 2.75. The molecule has 27 heavy (non-hydrogen) atoms. The van der Waals surface area contributed by atoms with Crippen LogP contribution in [-0.4, -0.2) is 50.9 Å². The molecule has 2 heterocycles. The highest BCUT2D eigenvalue weighted by Gasteiger charge is 2.13. The van der Waals surface area contributed by atoms with E-state index in [0.717, 1.165) is 18.1 Å². The van der Waals surface area contributed by atoms with Gasteiger partial charge in [-0.2, -0.15) is 4.98 Å². The van der Waals surface area contributed by atoms with Crippen molar-refractivity contribution in [3.63, 3.8) is 0 Å². The lowest BCUT2D eigenvalue weighted by atomic mass is 10.1. The molecule has 1 atom stereocenters. The Morgan fingerprint density at radius 1 is 1.26 bits per heavy atom. The molecule has 3 aromatic rings. The van der Waals surface area contributed by atoms with Crippen LogP contribution in [0.2, 0.25) is 0 Å². The minimum Gasteiger partial charge on any atom is -0.350 e. The number of hydrogen-bond donors (Lipinski definition) is 1. The van der Waals surface area contributed by atoms with Crippen LogP contribution in [0.15, 0.2) is 43.0 Å². The SMILES string of the molecule is CCn1nc(-c2ccc(C(=O)NC[C@H](C)n3ccnc3)cc2)nc1N(C)C. The molecule has 0 unspecified atom stereocenters. The van der Waals surface area contributed by atoms with Gasteiger partial charge >= 0.3 is 0 Å². The molecule has 1 amide bonds. The van der Waals surface area contributed by atoms with E-state index in [9.17, 15) is 4.79 Å². The Balaban J connectivity index is 1.67. The molecule has 1 N–H and O–H groups in total. The van der Waals surface area contributed by atoms with E-state index < -0.39 is 0 Å². The molecule has 0 aliphatic rings. The van der Waals surface area contributed by atoms with Gasteiger partial charge in [0.2, 0.25) is 5.95 Å². The van der Waals surface area contributed by atoms with Crippen molar-refractivity contribution in [3.8, 4) is 11.4 Å². The van der Waals surface area contributed by atoms with Crippen molar-refractivity contribution in [2.24, 2.45) is 0 Å². The van der Waals surface area contributed by atoms with E-state index in [1.54, 1.807) is 24.7 Å². The Bertz CT molecular complexity index is 881.